The van der Waals surface area contributed by atoms with Gasteiger partial charge >= 0.3 is 0 Å². The molecule has 2 aromatic rings. The molecule has 0 saturated carbocycles. The maximum atomic E-state index is 11.9. The molecule has 0 radical (unpaired) electrons. The average Bonchev–Trinajstić information content (AvgIpc) is 2.81. The van der Waals surface area contributed by atoms with Crippen LogP contribution in [0.25, 0.3) is 0 Å². The highest BCUT2D eigenvalue weighted by Gasteiger charge is 2.12. The summed E-state index contributed by atoms with van der Waals surface area (Å²) in [4.78, 5) is 16.4. The number of halogens is 1. The maximum absolute atomic E-state index is 11.9. The van der Waals surface area contributed by atoms with Crippen LogP contribution in [0.2, 0.25) is 5.02 Å². The van der Waals surface area contributed by atoms with Crippen LogP contribution in [0.3, 0.4) is 0 Å². The first-order valence-electron chi connectivity index (χ1n) is 4.87. The molecule has 2 rings (SSSR count). The van der Waals surface area contributed by atoms with Crippen molar-refractivity contribution in [2.24, 2.45) is 5.73 Å². The lowest BCUT2D eigenvalue weighted by Gasteiger charge is -2.09. The molecule has 0 bridgehead atoms. The second kappa shape index (κ2) is 5.43. The quantitative estimate of drug-likeness (QED) is 0.855. The van der Waals surface area contributed by atoms with Crippen molar-refractivity contribution in [3.05, 3.63) is 45.4 Å². The summed E-state index contributed by atoms with van der Waals surface area (Å²) in [6.07, 6.45) is 1.49. The highest BCUT2D eigenvalue weighted by Crippen LogP contribution is 2.22. The number of rotatable bonds is 3. The number of thiazole rings is 1. The topological polar surface area (TPSA) is 68.0 Å². The number of anilines is 1. The van der Waals surface area contributed by atoms with Crippen LogP contribution < -0.4 is 11.1 Å². The molecule has 7 heteroatoms. The normalized spacial score (nSPS) is 10.1. The van der Waals surface area contributed by atoms with Crippen molar-refractivity contribution in [3.8, 4) is 0 Å². The highest BCUT2D eigenvalue weighted by atomic mass is 35.5. The largest absolute Gasteiger partial charge is 0.389 e. The molecule has 0 aliphatic carbocycles. The van der Waals surface area contributed by atoms with Crippen LogP contribution in [0.5, 0.6) is 0 Å². The molecule has 0 unspecified atom stereocenters. The molecule has 92 valence electrons. The Labute approximate surface area is 118 Å². The smallest absolute Gasteiger partial charge is 0.267 e. The molecule has 0 aliphatic rings. The van der Waals surface area contributed by atoms with Gasteiger partial charge in [-0.05, 0) is 18.2 Å². The molecule has 0 spiro atoms. The lowest BCUT2D eigenvalue weighted by molar-refractivity contribution is 0.103. The Hall–Kier alpha value is -1.50. The van der Waals surface area contributed by atoms with E-state index in [-0.39, 0.29) is 10.9 Å². The van der Waals surface area contributed by atoms with Crippen molar-refractivity contribution in [2.45, 2.75) is 0 Å². The molecule has 0 saturated heterocycles. The molecule has 1 heterocycles. The van der Waals surface area contributed by atoms with Gasteiger partial charge in [0.2, 0.25) is 0 Å². The Morgan fingerprint density at radius 2 is 2.28 bits per heavy atom. The van der Waals surface area contributed by atoms with Crippen LogP contribution in [0.15, 0.2) is 29.9 Å². The predicted octanol–water partition coefficient (Wildman–Crippen LogP) is 2.68. The zero-order chi connectivity index (χ0) is 13.1. The molecule has 4 nitrogen and oxygen atoms in total. The second-order valence-electron chi connectivity index (χ2n) is 3.37. The van der Waals surface area contributed by atoms with Crippen LogP contribution in [-0.2, 0) is 0 Å². The first-order valence-corrected chi connectivity index (χ1v) is 6.53. The molecule has 18 heavy (non-hydrogen) atoms. The van der Waals surface area contributed by atoms with E-state index in [9.17, 15) is 4.79 Å². The number of nitrogens with zero attached hydrogens (tertiary/aromatic N) is 1. The van der Waals surface area contributed by atoms with E-state index in [1.807, 2.05) is 0 Å². The van der Waals surface area contributed by atoms with Crippen LogP contribution in [0, 0.1) is 0 Å². The minimum absolute atomic E-state index is 0.200. The molecule has 1 aromatic heterocycles. The monoisotopic (exact) mass is 297 g/mol. The van der Waals surface area contributed by atoms with Crippen LogP contribution in [-0.4, -0.2) is 15.9 Å². The Balaban J connectivity index is 2.31. The highest BCUT2D eigenvalue weighted by molar-refractivity contribution is 7.80. The Kier molecular flexibility index (Phi) is 3.90. The summed E-state index contributed by atoms with van der Waals surface area (Å²) in [6.45, 7) is 0. The molecule has 1 aromatic carbocycles. The predicted molar refractivity (Wildman–Crippen MR) is 77.4 cm³/mol. The maximum Gasteiger partial charge on any atom is 0.267 e. The van der Waals surface area contributed by atoms with Crippen LogP contribution >= 0.6 is 35.2 Å². The number of aromatic nitrogens is 1. The fourth-order valence-electron chi connectivity index (χ4n) is 1.35. The number of nitrogens with one attached hydrogen (secondary N) is 1. The van der Waals surface area contributed by atoms with Crippen LogP contribution in [0.1, 0.15) is 15.2 Å². The summed E-state index contributed by atoms with van der Waals surface area (Å²) >= 11 is 12.1. The summed E-state index contributed by atoms with van der Waals surface area (Å²) in [5, 5.41) is 3.21. The number of hydrogen-bond acceptors (Lipinski definition) is 4. The van der Waals surface area contributed by atoms with Gasteiger partial charge in [0.15, 0.2) is 0 Å². The van der Waals surface area contributed by atoms with Crippen molar-refractivity contribution in [3.63, 3.8) is 0 Å². The van der Waals surface area contributed by atoms with Gasteiger partial charge in [-0.15, -0.1) is 11.3 Å². The number of hydrogen-bond donors (Lipinski definition) is 2. The van der Waals surface area contributed by atoms with Gasteiger partial charge in [0.1, 0.15) is 9.87 Å². The third-order valence-electron chi connectivity index (χ3n) is 2.15. The zero-order valence-electron chi connectivity index (χ0n) is 9.01. The van der Waals surface area contributed by atoms with Crippen LogP contribution in [0.4, 0.5) is 5.69 Å². The third-order valence-corrected chi connectivity index (χ3v) is 3.38. The van der Waals surface area contributed by atoms with Gasteiger partial charge in [-0.1, -0.05) is 23.8 Å². The molecule has 3 N–H and O–H groups in total. The Morgan fingerprint density at radius 3 is 2.89 bits per heavy atom. The van der Waals surface area contributed by atoms with E-state index >= 15 is 0 Å². The van der Waals surface area contributed by atoms with Gasteiger partial charge in [0.25, 0.3) is 5.91 Å². The van der Waals surface area contributed by atoms with Gasteiger partial charge in [0, 0.05) is 10.6 Å². The fraction of sp³-hybridized carbons (Fsp3) is 0. The number of benzene rings is 1. The molecular formula is C11H8ClN3OS2. The van der Waals surface area contributed by atoms with E-state index < -0.39 is 0 Å². The van der Waals surface area contributed by atoms with Crippen molar-refractivity contribution in [2.75, 3.05) is 5.32 Å². The minimum Gasteiger partial charge on any atom is -0.389 e. The molecule has 0 atom stereocenters. The van der Waals surface area contributed by atoms with Crippen molar-refractivity contribution >= 4 is 51.7 Å². The summed E-state index contributed by atoms with van der Waals surface area (Å²) in [5.41, 5.74) is 8.24. The van der Waals surface area contributed by atoms with Gasteiger partial charge in [-0.2, -0.15) is 0 Å². The van der Waals surface area contributed by atoms with Crippen molar-refractivity contribution < 1.29 is 4.79 Å². The van der Waals surface area contributed by atoms with E-state index in [0.29, 0.717) is 21.2 Å². The average molecular weight is 298 g/mol. The standard InChI is InChI=1S/C11H8ClN3OS2/c12-6-1-2-7(10(13)17)8(3-6)15-11(16)9-4-14-5-18-9/h1-5H,(H2,13,17)(H,15,16). The first kappa shape index (κ1) is 12.9. The summed E-state index contributed by atoms with van der Waals surface area (Å²) in [5.74, 6) is -0.266. The molecule has 0 aliphatic heterocycles. The summed E-state index contributed by atoms with van der Waals surface area (Å²) in [6, 6.07) is 4.94. The van der Waals surface area contributed by atoms with E-state index in [4.69, 9.17) is 29.6 Å². The van der Waals surface area contributed by atoms with Gasteiger partial charge in [-0.3, -0.25) is 9.78 Å². The van der Waals surface area contributed by atoms with Gasteiger partial charge < -0.3 is 11.1 Å². The molecule has 1 amide bonds. The summed E-state index contributed by atoms with van der Waals surface area (Å²) < 4.78 is 0. The van der Waals surface area contributed by atoms with E-state index in [1.165, 1.54) is 17.5 Å². The number of nitrogens with two attached hydrogens (primary N) is 1. The Bertz CT molecular complexity index is 598. The zero-order valence-corrected chi connectivity index (χ0v) is 11.4. The number of carbonyl (C=O) groups is 1. The van der Waals surface area contributed by atoms with Gasteiger partial charge in [0.05, 0.1) is 17.4 Å². The van der Waals surface area contributed by atoms with E-state index in [0.717, 1.165) is 0 Å². The van der Waals surface area contributed by atoms with Crippen molar-refractivity contribution in [1.29, 1.82) is 0 Å². The minimum atomic E-state index is -0.266. The molecule has 0 fully saturated rings. The summed E-state index contributed by atoms with van der Waals surface area (Å²) in [7, 11) is 0. The lowest BCUT2D eigenvalue weighted by Crippen LogP contribution is -2.17. The number of thiocarbonyl (C=S) groups is 1. The number of amides is 1. The first-order chi connectivity index (χ1) is 8.58. The molecular weight excluding hydrogens is 290 g/mol. The van der Waals surface area contributed by atoms with E-state index in [1.54, 1.807) is 23.7 Å². The lowest BCUT2D eigenvalue weighted by atomic mass is 10.1. The van der Waals surface area contributed by atoms with Gasteiger partial charge in [-0.25, -0.2) is 0 Å². The van der Waals surface area contributed by atoms with E-state index in [2.05, 4.69) is 10.3 Å². The number of carbonyl (C=O) groups excluding carboxylic acids is 1. The third kappa shape index (κ3) is 2.84. The Morgan fingerprint density at radius 1 is 1.50 bits per heavy atom. The fourth-order valence-corrected chi connectivity index (χ4v) is 2.21. The SMILES string of the molecule is NC(=S)c1ccc(Cl)cc1NC(=O)c1cncs1. The van der Waals surface area contributed by atoms with Crippen molar-refractivity contribution in [1.82, 2.24) is 4.98 Å². The second-order valence-corrected chi connectivity index (χ2v) is 5.14.